The minimum atomic E-state index is -0.451. The van der Waals surface area contributed by atoms with Crippen LogP contribution in [0, 0.1) is 12.7 Å². The van der Waals surface area contributed by atoms with Gasteiger partial charge in [0.25, 0.3) is 5.89 Å². The van der Waals surface area contributed by atoms with Gasteiger partial charge in [0, 0.05) is 12.2 Å². The fourth-order valence-electron chi connectivity index (χ4n) is 1.75. The lowest BCUT2D eigenvalue weighted by atomic mass is 10.1. The normalized spacial score (nSPS) is 12.6. The van der Waals surface area contributed by atoms with Crippen molar-refractivity contribution >= 4 is 0 Å². The largest absolute Gasteiger partial charge is 0.379 e. The summed E-state index contributed by atoms with van der Waals surface area (Å²) in [7, 11) is 0. The highest BCUT2D eigenvalue weighted by Gasteiger charge is 2.17. The molecule has 0 aliphatic heterocycles. The summed E-state index contributed by atoms with van der Waals surface area (Å²) < 4.78 is 23.8. The van der Waals surface area contributed by atoms with Crippen LogP contribution in [0.1, 0.15) is 30.8 Å². The van der Waals surface area contributed by atoms with Crippen molar-refractivity contribution < 1.29 is 13.7 Å². The highest BCUT2D eigenvalue weighted by atomic mass is 19.1. The number of hydrogen-bond donors (Lipinski definition) is 1. The number of nitrogens with zero attached hydrogens (tertiary/aromatic N) is 2. The van der Waals surface area contributed by atoms with E-state index in [9.17, 15) is 4.39 Å². The first-order valence-corrected chi connectivity index (χ1v) is 6.55. The van der Waals surface area contributed by atoms with Gasteiger partial charge >= 0.3 is 0 Å². The number of halogens is 1. The minimum Gasteiger partial charge on any atom is -0.379 e. The standard InChI is InChI=1S/C14H18FN3O2/c1-3-6-19-8-12(16)13-17-14(20-18-13)11-7-10(15)5-4-9(11)2/h4-5,7,12H,3,6,8,16H2,1-2H3. The van der Waals surface area contributed by atoms with Gasteiger partial charge in [0.2, 0.25) is 0 Å². The van der Waals surface area contributed by atoms with Gasteiger partial charge in [0.15, 0.2) is 5.82 Å². The summed E-state index contributed by atoms with van der Waals surface area (Å²) in [6, 6.07) is 3.97. The number of nitrogens with two attached hydrogens (primary N) is 1. The molecule has 20 heavy (non-hydrogen) atoms. The maximum atomic E-state index is 13.3. The lowest BCUT2D eigenvalue weighted by Gasteiger charge is -2.06. The highest BCUT2D eigenvalue weighted by Crippen LogP contribution is 2.23. The molecule has 1 unspecified atom stereocenters. The predicted octanol–water partition coefficient (Wildman–Crippen LogP) is 2.61. The van der Waals surface area contributed by atoms with Gasteiger partial charge in [-0.2, -0.15) is 4.98 Å². The van der Waals surface area contributed by atoms with Crippen molar-refractivity contribution in [1.82, 2.24) is 10.1 Å². The van der Waals surface area contributed by atoms with Crippen molar-refractivity contribution in [2.75, 3.05) is 13.2 Å². The van der Waals surface area contributed by atoms with Crippen molar-refractivity contribution in [1.29, 1.82) is 0 Å². The first-order chi connectivity index (χ1) is 9.61. The van der Waals surface area contributed by atoms with Crippen molar-refractivity contribution in [2.45, 2.75) is 26.3 Å². The first-order valence-electron chi connectivity index (χ1n) is 6.55. The first kappa shape index (κ1) is 14.6. The van der Waals surface area contributed by atoms with Crippen LogP contribution in [0.3, 0.4) is 0 Å². The van der Waals surface area contributed by atoms with Gasteiger partial charge in [-0.3, -0.25) is 0 Å². The molecule has 0 aliphatic carbocycles. The molecule has 2 N–H and O–H groups in total. The van der Waals surface area contributed by atoms with E-state index in [1.807, 2.05) is 13.8 Å². The lowest BCUT2D eigenvalue weighted by Crippen LogP contribution is -2.18. The second kappa shape index (κ2) is 6.58. The maximum Gasteiger partial charge on any atom is 0.258 e. The van der Waals surface area contributed by atoms with E-state index < -0.39 is 6.04 Å². The molecule has 0 bridgehead atoms. The topological polar surface area (TPSA) is 74.2 Å². The summed E-state index contributed by atoms with van der Waals surface area (Å²) in [6.45, 7) is 4.84. The quantitative estimate of drug-likeness (QED) is 0.823. The summed E-state index contributed by atoms with van der Waals surface area (Å²) >= 11 is 0. The Morgan fingerprint density at radius 3 is 3.00 bits per heavy atom. The van der Waals surface area contributed by atoms with Crippen LogP contribution in [0.2, 0.25) is 0 Å². The summed E-state index contributed by atoms with van der Waals surface area (Å²) in [5.41, 5.74) is 7.34. The molecule has 1 heterocycles. The molecule has 0 fully saturated rings. The van der Waals surface area contributed by atoms with Gasteiger partial charge in [-0.15, -0.1) is 0 Å². The van der Waals surface area contributed by atoms with Crippen LogP contribution in [0.4, 0.5) is 4.39 Å². The zero-order chi connectivity index (χ0) is 14.5. The van der Waals surface area contributed by atoms with E-state index in [-0.39, 0.29) is 11.7 Å². The Labute approximate surface area is 116 Å². The predicted molar refractivity (Wildman–Crippen MR) is 72.5 cm³/mol. The molecule has 1 atom stereocenters. The van der Waals surface area contributed by atoms with Crippen molar-refractivity contribution in [3.05, 3.63) is 35.4 Å². The van der Waals surface area contributed by atoms with Crippen LogP contribution in [0.25, 0.3) is 11.5 Å². The van der Waals surface area contributed by atoms with E-state index in [4.69, 9.17) is 15.0 Å². The minimum absolute atomic E-state index is 0.267. The van der Waals surface area contributed by atoms with Crippen LogP contribution < -0.4 is 5.73 Å². The van der Waals surface area contributed by atoms with Crippen LogP contribution in [-0.2, 0) is 4.74 Å². The third-order valence-corrected chi connectivity index (χ3v) is 2.85. The Bertz CT molecular complexity index is 571. The number of aryl methyl sites for hydroxylation is 1. The average Bonchev–Trinajstić information content (AvgIpc) is 2.91. The van der Waals surface area contributed by atoms with E-state index in [1.165, 1.54) is 12.1 Å². The Morgan fingerprint density at radius 1 is 1.45 bits per heavy atom. The van der Waals surface area contributed by atoms with Crippen molar-refractivity contribution in [3.63, 3.8) is 0 Å². The zero-order valence-corrected chi connectivity index (χ0v) is 11.6. The van der Waals surface area contributed by atoms with Gasteiger partial charge in [-0.05, 0) is 31.0 Å². The Morgan fingerprint density at radius 2 is 2.25 bits per heavy atom. The maximum absolute atomic E-state index is 13.3. The molecule has 0 saturated carbocycles. The Kier molecular flexibility index (Phi) is 4.81. The molecule has 0 spiro atoms. The molecule has 5 nitrogen and oxygen atoms in total. The van der Waals surface area contributed by atoms with Gasteiger partial charge in [-0.25, -0.2) is 4.39 Å². The van der Waals surface area contributed by atoms with E-state index in [0.717, 1.165) is 12.0 Å². The van der Waals surface area contributed by atoms with Crippen LogP contribution >= 0.6 is 0 Å². The van der Waals surface area contributed by atoms with Crippen molar-refractivity contribution in [2.24, 2.45) is 5.73 Å². The summed E-state index contributed by atoms with van der Waals surface area (Å²) in [6.07, 6.45) is 0.923. The number of rotatable bonds is 6. The smallest absolute Gasteiger partial charge is 0.258 e. The lowest BCUT2D eigenvalue weighted by molar-refractivity contribution is 0.119. The van der Waals surface area contributed by atoms with Gasteiger partial charge in [0.1, 0.15) is 5.82 Å². The van der Waals surface area contributed by atoms with E-state index >= 15 is 0 Å². The second-order valence-electron chi connectivity index (χ2n) is 4.60. The summed E-state index contributed by atoms with van der Waals surface area (Å²) in [5, 5.41) is 3.83. The average molecular weight is 279 g/mol. The molecule has 108 valence electrons. The fourth-order valence-corrected chi connectivity index (χ4v) is 1.75. The van der Waals surface area contributed by atoms with Crippen LogP contribution in [-0.4, -0.2) is 23.4 Å². The number of hydrogen-bond acceptors (Lipinski definition) is 5. The molecule has 0 radical (unpaired) electrons. The molecular weight excluding hydrogens is 261 g/mol. The third-order valence-electron chi connectivity index (χ3n) is 2.85. The molecule has 1 aromatic heterocycles. The Balaban J connectivity index is 2.14. The molecule has 6 heteroatoms. The van der Waals surface area contributed by atoms with Crippen LogP contribution in [0.5, 0.6) is 0 Å². The van der Waals surface area contributed by atoms with E-state index in [2.05, 4.69) is 10.1 Å². The number of aromatic nitrogens is 2. The monoisotopic (exact) mass is 279 g/mol. The van der Waals surface area contributed by atoms with Crippen LogP contribution in [0.15, 0.2) is 22.7 Å². The molecule has 1 aromatic carbocycles. The number of ether oxygens (including phenoxy) is 1. The number of benzene rings is 1. The van der Waals surface area contributed by atoms with Gasteiger partial charge < -0.3 is 15.0 Å². The van der Waals surface area contributed by atoms with Gasteiger partial charge in [-0.1, -0.05) is 18.1 Å². The molecule has 0 aliphatic rings. The summed E-state index contributed by atoms with van der Waals surface area (Å²) in [5.74, 6) is 0.281. The highest BCUT2D eigenvalue weighted by molar-refractivity contribution is 5.58. The van der Waals surface area contributed by atoms with E-state index in [1.54, 1.807) is 6.07 Å². The second-order valence-corrected chi connectivity index (χ2v) is 4.60. The van der Waals surface area contributed by atoms with E-state index in [0.29, 0.717) is 24.6 Å². The Hall–Kier alpha value is -1.79. The molecule has 2 aromatic rings. The van der Waals surface area contributed by atoms with Gasteiger partial charge in [0.05, 0.1) is 12.6 Å². The van der Waals surface area contributed by atoms with Crippen molar-refractivity contribution in [3.8, 4) is 11.5 Å². The third kappa shape index (κ3) is 3.40. The molecular formula is C14H18FN3O2. The molecule has 0 saturated heterocycles. The molecule has 0 amide bonds. The molecule has 2 rings (SSSR count). The fraction of sp³-hybridized carbons (Fsp3) is 0.429. The summed E-state index contributed by atoms with van der Waals surface area (Å²) in [4.78, 5) is 4.21. The SMILES string of the molecule is CCCOCC(N)c1noc(-c2cc(F)ccc2C)n1. The zero-order valence-electron chi connectivity index (χ0n) is 11.6.